The largest absolute Gasteiger partial charge is 0.493 e. The van der Waals surface area contributed by atoms with Crippen molar-refractivity contribution in [3.8, 4) is 17.5 Å². The minimum absolute atomic E-state index is 0.292. The number of hydrogen-bond donors (Lipinski definition) is 1. The third-order valence-electron chi connectivity index (χ3n) is 2.76. The van der Waals surface area contributed by atoms with Gasteiger partial charge in [-0.3, -0.25) is 0 Å². The Bertz CT molecular complexity index is 546. The molecule has 6 nitrogen and oxygen atoms in total. The summed E-state index contributed by atoms with van der Waals surface area (Å²) in [7, 11) is 3.27. The van der Waals surface area contributed by atoms with Crippen LogP contribution < -0.4 is 14.8 Å². The number of methoxy groups -OCH3 is 2. The summed E-state index contributed by atoms with van der Waals surface area (Å²) in [5.74, 6) is 1.23. The van der Waals surface area contributed by atoms with Crippen molar-refractivity contribution in [1.82, 2.24) is 15.3 Å². The van der Waals surface area contributed by atoms with Crippen molar-refractivity contribution in [2.75, 3.05) is 27.4 Å². The van der Waals surface area contributed by atoms with Gasteiger partial charge in [-0.1, -0.05) is 12.1 Å². The lowest BCUT2D eigenvalue weighted by atomic mass is 10.3. The van der Waals surface area contributed by atoms with E-state index in [0.29, 0.717) is 30.7 Å². The third kappa shape index (κ3) is 4.70. The minimum atomic E-state index is 0.292. The number of rotatable bonds is 8. The molecule has 2 aromatic rings. The lowest BCUT2D eigenvalue weighted by Gasteiger charge is -2.08. The van der Waals surface area contributed by atoms with Crippen molar-refractivity contribution in [3.05, 3.63) is 42.2 Å². The molecule has 6 heteroatoms. The molecule has 0 aliphatic rings. The average Bonchev–Trinajstić information content (AvgIpc) is 2.54. The first-order valence-electron chi connectivity index (χ1n) is 6.65. The number of nitrogens with zero attached hydrogens (tertiary/aromatic N) is 2. The highest BCUT2D eigenvalue weighted by atomic mass is 16.5. The fraction of sp³-hybridized carbons (Fsp3) is 0.333. The highest BCUT2D eigenvalue weighted by Gasteiger charge is 2.06. The highest BCUT2D eigenvalue weighted by molar-refractivity contribution is 5.40. The Morgan fingerprint density at radius 1 is 1.05 bits per heavy atom. The number of aromatic nitrogens is 2. The van der Waals surface area contributed by atoms with Crippen molar-refractivity contribution in [1.29, 1.82) is 0 Å². The van der Waals surface area contributed by atoms with Gasteiger partial charge in [-0.25, -0.2) is 9.97 Å². The maximum atomic E-state index is 5.61. The number of hydrogen-bond acceptors (Lipinski definition) is 6. The standard InChI is InChI=1S/C15H19N3O3/c1-19-8-7-16-9-12-10-17-15(18-11-12)21-14-6-4-3-5-13(14)20-2/h3-6,10-11,16H,7-9H2,1-2H3. The SMILES string of the molecule is COCCNCc1cnc(Oc2ccccc2OC)nc1. The Balaban J connectivity index is 1.93. The summed E-state index contributed by atoms with van der Waals surface area (Å²) >= 11 is 0. The van der Waals surface area contributed by atoms with E-state index in [0.717, 1.165) is 12.1 Å². The molecular weight excluding hydrogens is 270 g/mol. The topological polar surface area (TPSA) is 65.5 Å². The number of nitrogens with one attached hydrogen (secondary N) is 1. The van der Waals surface area contributed by atoms with Crippen LogP contribution in [0.15, 0.2) is 36.7 Å². The van der Waals surface area contributed by atoms with E-state index < -0.39 is 0 Å². The predicted molar refractivity (Wildman–Crippen MR) is 78.7 cm³/mol. The molecule has 2 rings (SSSR count). The van der Waals surface area contributed by atoms with Crippen molar-refractivity contribution < 1.29 is 14.2 Å². The normalized spacial score (nSPS) is 10.4. The van der Waals surface area contributed by atoms with Gasteiger partial charge in [0, 0.05) is 38.2 Å². The second-order valence-electron chi connectivity index (χ2n) is 4.30. The molecule has 0 unspecified atom stereocenters. The van der Waals surface area contributed by atoms with Gasteiger partial charge in [0.05, 0.1) is 13.7 Å². The molecule has 0 saturated carbocycles. The summed E-state index contributed by atoms with van der Waals surface area (Å²) in [6.07, 6.45) is 3.47. The van der Waals surface area contributed by atoms with E-state index in [-0.39, 0.29) is 0 Å². The van der Waals surface area contributed by atoms with Crippen LogP contribution in [0.25, 0.3) is 0 Å². The summed E-state index contributed by atoms with van der Waals surface area (Å²) in [6, 6.07) is 7.67. The van der Waals surface area contributed by atoms with Crippen LogP contribution in [0, 0.1) is 0 Å². The van der Waals surface area contributed by atoms with E-state index in [1.165, 1.54) is 0 Å². The Labute approximate surface area is 124 Å². The van der Waals surface area contributed by atoms with Gasteiger partial charge >= 0.3 is 6.01 Å². The third-order valence-corrected chi connectivity index (χ3v) is 2.76. The summed E-state index contributed by atoms with van der Waals surface area (Å²) < 4.78 is 15.8. The highest BCUT2D eigenvalue weighted by Crippen LogP contribution is 2.28. The van der Waals surface area contributed by atoms with Gasteiger partial charge in [0.2, 0.25) is 0 Å². The fourth-order valence-electron chi connectivity index (χ4n) is 1.70. The molecule has 1 N–H and O–H groups in total. The molecule has 0 bridgehead atoms. The molecule has 112 valence electrons. The van der Waals surface area contributed by atoms with Crippen LogP contribution >= 0.6 is 0 Å². The van der Waals surface area contributed by atoms with Gasteiger partial charge in [0.25, 0.3) is 0 Å². The quantitative estimate of drug-likeness (QED) is 0.750. The van der Waals surface area contributed by atoms with Gasteiger partial charge in [-0.05, 0) is 12.1 Å². The van der Waals surface area contributed by atoms with E-state index in [2.05, 4.69) is 15.3 Å². The predicted octanol–water partition coefficient (Wildman–Crippen LogP) is 2.01. The Morgan fingerprint density at radius 3 is 2.43 bits per heavy atom. The van der Waals surface area contributed by atoms with Crippen LogP contribution in [-0.4, -0.2) is 37.3 Å². The zero-order chi connectivity index (χ0) is 14.9. The number of ether oxygens (including phenoxy) is 3. The van der Waals surface area contributed by atoms with Crippen LogP contribution in [0.4, 0.5) is 0 Å². The van der Waals surface area contributed by atoms with E-state index in [1.54, 1.807) is 26.6 Å². The fourth-order valence-corrected chi connectivity index (χ4v) is 1.70. The van der Waals surface area contributed by atoms with Gasteiger partial charge in [0.1, 0.15) is 0 Å². The second-order valence-corrected chi connectivity index (χ2v) is 4.30. The second kappa shape index (κ2) is 8.18. The first-order valence-corrected chi connectivity index (χ1v) is 6.65. The molecule has 0 amide bonds. The summed E-state index contributed by atoms with van der Waals surface area (Å²) in [4.78, 5) is 8.38. The summed E-state index contributed by atoms with van der Waals surface area (Å²) in [5.41, 5.74) is 0.985. The van der Waals surface area contributed by atoms with E-state index in [1.807, 2.05) is 24.3 Å². The first kappa shape index (κ1) is 15.2. The zero-order valence-corrected chi connectivity index (χ0v) is 12.2. The van der Waals surface area contributed by atoms with Gasteiger partial charge in [0.15, 0.2) is 11.5 Å². The number of para-hydroxylation sites is 2. The van der Waals surface area contributed by atoms with E-state index in [4.69, 9.17) is 14.2 Å². The number of benzene rings is 1. The lowest BCUT2D eigenvalue weighted by Crippen LogP contribution is -2.18. The van der Waals surface area contributed by atoms with Crippen molar-refractivity contribution >= 4 is 0 Å². The van der Waals surface area contributed by atoms with E-state index in [9.17, 15) is 0 Å². The molecule has 1 aromatic heterocycles. The molecule has 1 heterocycles. The van der Waals surface area contributed by atoms with Crippen LogP contribution in [-0.2, 0) is 11.3 Å². The average molecular weight is 289 g/mol. The Kier molecular flexibility index (Phi) is 5.93. The molecule has 0 fully saturated rings. The molecule has 21 heavy (non-hydrogen) atoms. The Morgan fingerprint density at radius 2 is 1.76 bits per heavy atom. The van der Waals surface area contributed by atoms with Crippen LogP contribution in [0.1, 0.15) is 5.56 Å². The lowest BCUT2D eigenvalue weighted by molar-refractivity contribution is 0.199. The molecule has 0 aliphatic heterocycles. The minimum Gasteiger partial charge on any atom is -0.493 e. The molecular formula is C15H19N3O3. The summed E-state index contributed by atoms with van der Waals surface area (Å²) in [5, 5.41) is 3.22. The zero-order valence-electron chi connectivity index (χ0n) is 12.2. The molecule has 0 radical (unpaired) electrons. The molecule has 1 aromatic carbocycles. The smallest absolute Gasteiger partial charge is 0.322 e. The van der Waals surface area contributed by atoms with Gasteiger partial charge in [-0.2, -0.15) is 0 Å². The van der Waals surface area contributed by atoms with Crippen LogP contribution in [0.3, 0.4) is 0 Å². The van der Waals surface area contributed by atoms with Gasteiger partial charge in [-0.15, -0.1) is 0 Å². The van der Waals surface area contributed by atoms with Gasteiger partial charge < -0.3 is 19.5 Å². The summed E-state index contributed by atoms with van der Waals surface area (Å²) in [6.45, 7) is 2.16. The van der Waals surface area contributed by atoms with Crippen molar-refractivity contribution in [2.45, 2.75) is 6.54 Å². The maximum Gasteiger partial charge on any atom is 0.322 e. The maximum absolute atomic E-state index is 5.61. The molecule has 0 saturated heterocycles. The molecule has 0 atom stereocenters. The van der Waals surface area contributed by atoms with Crippen LogP contribution in [0.5, 0.6) is 17.5 Å². The molecule has 0 spiro atoms. The van der Waals surface area contributed by atoms with E-state index >= 15 is 0 Å². The molecule has 0 aliphatic carbocycles. The first-order chi connectivity index (χ1) is 10.3. The monoisotopic (exact) mass is 289 g/mol. The van der Waals surface area contributed by atoms with Crippen molar-refractivity contribution in [2.24, 2.45) is 0 Å². The van der Waals surface area contributed by atoms with Crippen molar-refractivity contribution in [3.63, 3.8) is 0 Å². The van der Waals surface area contributed by atoms with Crippen LogP contribution in [0.2, 0.25) is 0 Å². The Hall–Kier alpha value is -2.18.